The Morgan fingerprint density at radius 3 is 2.64 bits per heavy atom. The van der Waals surface area contributed by atoms with Crippen molar-refractivity contribution in [2.24, 2.45) is 0 Å². The fraction of sp³-hybridized carbons (Fsp3) is 0. The van der Waals surface area contributed by atoms with Crippen molar-refractivity contribution in [2.45, 2.75) is 4.90 Å². The van der Waals surface area contributed by atoms with Gasteiger partial charge in [0.05, 0.1) is 5.02 Å². The molecule has 3 nitrogen and oxygen atoms in total. The van der Waals surface area contributed by atoms with Gasteiger partial charge in [0.1, 0.15) is 5.15 Å². The normalized spacial score (nSPS) is 13.0. The summed E-state index contributed by atoms with van der Waals surface area (Å²) in [4.78, 5) is 3.57. The lowest BCUT2D eigenvalue weighted by Crippen LogP contribution is -1.90. The summed E-state index contributed by atoms with van der Waals surface area (Å²) in [5.41, 5.74) is 0. The van der Waals surface area contributed by atoms with Crippen LogP contribution in [0.3, 0.4) is 0 Å². The van der Waals surface area contributed by atoms with Crippen LogP contribution in [-0.2, 0) is 11.1 Å². The van der Waals surface area contributed by atoms with Gasteiger partial charge in [-0.05, 0) is 17.1 Å². The summed E-state index contributed by atoms with van der Waals surface area (Å²) in [5, 5.41) is 0.231. The molecule has 0 bridgehead atoms. The highest BCUT2D eigenvalue weighted by Crippen LogP contribution is 2.20. The Balaban J connectivity index is 3.15. The first-order valence-electron chi connectivity index (χ1n) is 2.51. The van der Waals surface area contributed by atoms with Gasteiger partial charge in [-0.3, -0.25) is 4.21 Å². The molecule has 1 unspecified atom stereocenters. The third-order valence-corrected chi connectivity index (χ3v) is 2.26. The molecule has 1 aromatic rings. The van der Waals surface area contributed by atoms with Crippen LogP contribution in [0.25, 0.3) is 0 Å². The number of halogens is 2. The molecule has 0 aliphatic carbocycles. The maximum absolute atomic E-state index is 10.3. The van der Waals surface area contributed by atoms with E-state index in [2.05, 4.69) is 4.98 Å². The van der Waals surface area contributed by atoms with Gasteiger partial charge in [0, 0.05) is 11.1 Å². The molecule has 0 aromatic carbocycles. The van der Waals surface area contributed by atoms with E-state index in [0.29, 0.717) is 0 Å². The van der Waals surface area contributed by atoms with Crippen LogP contribution in [0, 0.1) is 0 Å². The Morgan fingerprint density at radius 1 is 1.55 bits per heavy atom. The standard InChI is InChI=1S/C5H3Cl2NO2S/c6-4-1-3(11(9)10)2-8-5(4)7/h1-2H,(H,9,10)/p-1. The molecule has 1 heterocycles. The van der Waals surface area contributed by atoms with Crippen molar-refractivity contribution < 1.29 is 8.76 Å². The highest BCUT2D eigenvalue weighted by atomic mass is 35.5. The molecule has 6 heteroatoms. The number of rotatable bonds is 1. The highest BCUT2D eigenvalue weighted by molar-refractivity contribution is 7.79. The SMILES string of the molecule is O=S([O-])c1cnc(Cl)c(Cl)c1. The maximum Gasteiger partial charge on any atom is 0.147 e. The van der Waals surface area contributed by atoms with Crippen molar-refractivity contribution in [3.8, 4) is 0 Å². The predicted octanol–water partition coefficient (Wildman–Crippen LogP) is 1.63. The molecule has 11 heavy (non-hydrogen) atoms. The van der Waals surface area contributed by atoms with Crippen LogP contribution in [0.1, 0.15) is 0 Å². The second-order valence-corrected chi connectivity index (χ2v) is 3.38. The van der Waals surface area contributed by atoms with Gasteiger partial charge in [0.25, 0.3) is 0 Å². The Labute approximate surface area is 75.6 Å². The lowest BCUT2D eigenvalue weighted by Gasteiger charge is -2.04. The van der Waals surface area contributed by atoms with Crippen molar-refractivity contribution >= 4 is 34.3 Å². The quantitative estimate of drug-likeness (QED) is 0.523. The van der Waals surface area contributed by atoms with Crippen LogP contribution in [-0.4, -0.2) is 13.7 Å². The average molecular weight is 211 g/mol. The van der Waals surface area contributed by atoms with E-state index in [-0.39, 0.29) is 15.1 Å². The molecule has 0 aliphatic heterocycles. The maximum atomic E-state index is 10.3. The molecule has 0 radical (unpaired) electrons. The molecule has 0 aliphatic rings. The number of aromatic nitrogens is 1. The van der Waals surface area contributed by atoms with E-state index in [1.165, 1.54) is 6.07 Å². The first-order valence-corrected chi connectivity index (χ1v) is 4.34. The third kappa shape index (κ3) is 2.13. The second kappa shape index (κ2) is 3.49. The van der Waals surface area contributed by atoms with E-state index in [1.54, 1.807) is 0 Å². The van der Waals surface area contributed by atoms with Crippen LogP contribution < -0.4 is 0 Å². The van der Waals surface area contributed by atoms with Crippen LogP contribution in [0.4, 0.5) is 0 Å². The van der Waals surface area contributed by atoms with Gasteiger partial charge < -0.3 is 4.55 Å². The van der Waals surface area contributed by atoms with Gasteiger partial charge in [-0.15, -0.1) is 0 Å². The minimum Gasteiger partial charge on any atom is -0.768 e. The van der Waals surface area contributed by atoms with Crippen LogP contribution >= 0.6 is 23.2 Å². The third-order valence-electron chi connectivity index (χ3n) is 0.964. The summed E-state index contributed by atoms with van der Waals surface area (Å²) >= 11 is 8.63. The van der Waals surface area contributed by atoms with Crippen molar-refractivity contribution in [3.63, 3.8) is 0 Å². The van der Waals surface area contributed by atoms with E-state index >= 15 is 0 Å². The lowest BCUT2D eigenvalue weighted by molar-refractivity contribution is 0.536. The van der Waals surface area contributed by atoms with Crippen molar-refractivity contribution in [3.05, 3.63) is 22.4 Å². The van der Waals surface area contributed by atoms with Crippen molar-refractivity contribution in [1.29, 1.82) is 0 Å². The zero-order chi connectivity index (χ0) is 8.43. The number of hydrogen-bond donors (Lipinski definition) is 0. The number of pyridine rings is 1. The molecule has 0 amide bonds. The van der Waals surface area contributed by atoms with Gasteiger partial charge in [-0.25, -0.2) is 4.98 Å². The Kier molecular flexibility index (Phi) is 2.84. The number of nitrogens with zero attached hydrogens (tertiary/aromatic N) is 1. The topological polar surface area (TPSA) is 53.0 Å². The smallest absolute Gasteiger partial charge is 0.147 e. The summed E-state index contributed by atoms with van der Waals surface area (Å²) < 4.78 is 20.6. The molecule has 60 valence electrons. The zero-order valence-electron chi connectivity index (χ0n) is 5.08. The minimum atomic E-state index is -2.30. The Morgan fingerprint density at radius 2 is 2.18 bits per heavy atom. The van der Waals surface area contributed by atoms with E-state index in [0.717, 1.165) is 6.20 Å². The Hall–Kier alpha value is -0.160. The fourth-order valence-corrected chi connectivity index (χ4v) is 1.18. The lowest BCUT2D eigenvalue weighted by atomic mass is 10.5. The average Bonchev–Trinajstić information content (AvgIpc) is 1.94. The molecular formula is C5H2Cl2NO2S-. The van der Waals surface area contributed by atoms with Gasteiger partial charge in [0.2, 0.25) is 0 Å². The molecule has 1 aromatic heterocycles. The van der Waals surface area contributed by atoms with Crippen molar-refractivity contribution in [2.75, 3.05) is 0 Å². The fourth-order valence-electron chi connectivity index (χ4n) is 0.495. The summed E-state index contributed by atoms with van der Waals surface area (Å²) in [6.45, 7) is 0. The first-order chi connectivity index (χ1) is 5.11. The minimum absolute atomic E-state index is 0.0272. The van der Waals surface area contributed by atoms with Crippen LogP contribution in [0.5, 0.6) is 0 Å². The Bertz CT molecular complexity index is 305. The van der Waals surface area contributed by atoms with Gasteiger partial charge in [-0.1, -0.05) is 23.2 Å². The van der Waals surface area contributed by atoms with E-state index in [4.69, 9.17) is 23.2 Å². The predicted molar refractivity (Wildman–Crippen MR) is 41.4 cm³/mol. The first kappa shape index (κ1) is 8.93. The summed E-state index contributed by atoms with van der Waals surface area (Å²) in [6, 6.07) is 1.24. The molecule has 0 saturated carbocycles. The second-order valence-electron chi connectivity index (χ2n) is 1.68. The zero-order valence-corrected chi connectivity index (χ0v) is 7.41. The van der Waals surface area contributed by atoms with E-state index in [9.17, 15) is 8.76 Å². The summed E-state index contributed by atoms with van der Waals surface area (Å²) in [5.74, 6) is 0. The summed E-state index contributed by atoms with van der Waals surface area (Å²) in [7, 11) is 0. The molecule has 0 saturated heterocycles. The van der Waals surface area contributed by atoms with Crippen LogP contribution in [0.2, 0.25) is 10.2 Å². The highest BCUT2D eigenvalue weighted by Gasteiger charge is 1.99. The van der Waals surface area contributed by atoms with Gasteiger partial charge in [-0.2, -0.15) is 0 Å². The van der Waals surface area contributed by atoms with E-state index < -0.39 is 11.1 Å². The van der Waals surface area contributed by atoms with Gasteiger partial charge in [0.15, 0.2) is 0 Å². The monoisotopic (exact) mass is 210 g/mol. The molecule has 1 rings (SSSR count). The molecule has 0 spiro atoms. The largest absolute Gasteiger partial charge is 0.768 e. The number of hydrogen-bond acceptors (Lipinski definition) is 3. The molecule has 0 N–H and O–H groups in total. The molecule has 0 fully saturated rings. The summed E-state index contributed by atoms with van der Waals surface area (Å²) in [6.07, 6.45) is 1.14. The van der Waals surface area contributed by atoms with Gasteiger partial charge >= 0.3 is 0 Å². The molecule has 1 atom stereocenters. The van der Waals surface area contributed by atoms with Crippen molar-refractivity contribution in [1.82, 2.24) is 4.98 Å². The van der Waals surface area contributed by atoms with E-state index in [1.807, 2.05) is 0 Å². The van der Waals surface area contributed by atoms with Crippen LogP contribution in [0.15, 0.2) is 17.2 Å². The molecular weight excluding hydrogens is 209 g/mol.